The number of nitro groups is 1. The average molecular weight is 379 g/mol. The summed E-state index contributed by atoms with van der Waals surface area (Å²) in [5, 5.41) is 13.5. The zero-order valence-corrected chi connectivity index (χ0v) is 15.0. The van der Waals surface area contributed by atoms with Crippen molar-refractivity contribution in [3.05, 3.63) is 57.6 Å². The molecule has 138 valence electrons. The molecule has 0 radical (unpaired) electrons. The van der Waals surface area contributed by atoms with Gasteiger partial charge in [0.05, 0.1) is 22.2 Å². The van der Waals surface area contributed by atoms with Gasteiger partial charge in [-0.3, -0.25) is 14.9 Å². The average Bonchev–Trinajstić information content (AvgIpc) is 2.62. The van der Waals surface area contributed by atoms with Crippen LogP contribution in [0.25, 0.3) is 0 Å². The highest BCUT2D eigenvalue weighted by atomic mass is 35.5. The number of hydrogen-bond donors (Lipinski definition) is 1. The molecule has 2 rings (SSSR count). The molecule has 2 aromatic rings. The zero-order valence-electron chi connectivity index (χ0n) is 14.2. The molecule has 0 saturated heterocycles. The van der Waals surface area contributed by atoms with E-state index in [0.29, 0.717) is 18.1 Å². The first-order valence-corrected chi connectivity index (χ1v) is 8.47. The maximum atomic E-state index is 12.0. The number of nitrogens with one attached hydrogen (secondary N) is 1. The van der Waals surface area contributed by atoms with Crippen LogP contribution in [0.5, 0.6) is 11.5 Å². The molecule has 8 heteroatoms. The second-order valence-corrected chi connectivity index (χ2v) is 5.84. The number of carbonyl (C=O) groups is 1. The lowest BCUT2D eigenvalue weighted by Gasteiger charge is -2.10. The van der Waals surface area contributed by atoms with Crippen LogP contribution in [-0.4, -0.2) is 24.0 Å². The van der Waals surface area contributed by atoms with E-state index < -0.39 is 10.8 Å². The Bertz CT molecular complexity index is 782. The number of anilines is 1. The monoisotopic (exact) mass is 378 g/mol. The van der Waals surface area contributed by atoms with Gasteiger partial charge in [0.1, 0.15) is 11.5 Å². The molecule has 7 nitrogen and oxygen atoms in total. The third-order valence-electron chi connectivity index (χ3n) is 3.38. The number of non-ortho nitro benzene ring substituents is 1. The van der Waals surface area contributed by atoms with Crippen LogP contribution < -0.4 is 14.8 Å². The lowest BCUT2D eigenvalue weighted by molar-refractivity contribution is -0.384. The van der Waals surface area contributed by atoms with Gasteiger partial charge in [0.15, 0.2) is 6.61 Å². The molecule has 0 bridgehead atoms. The molecule has 0 aliphatic rings. The molecule has 0 spiro atoms. The van der Waals surface area contributed by atoms with E-state index in [9.17, 15) is 14.9 Å². The lowest BCUT2D eigenvalue weighted by Crippen LogP contribution is -2.20. The van der Waals surface area contributed by atoms with Gasteiger partial charge in [-0.15, -0.1) is 0 Å². The molecular weight excluding hydrogens is 360 g/mol. The number of hydrogen-bond acceptors (Lipinski definition) is 5. The largest absolute Gasteiger partial charge is 0.493 e. The summed E-state index contributed by atoms with van der Waals surface area (Å²) >= 11 is 5.95. The SMILES string of the molecule is CCCCOc1cccc(OCC(=O)Nc2cc([N+](=O)[O-])ccc2Cl)c1. The first-order valence-electron chi connectivity index (χ1n) is 8.09. The second-order valence-electron chi connectivity index (χ2n) is 5.43. The summed E-state index contributed by atoms with van der Waals surface area (Å²) in [6, 6.07) is 10.8. The quantitative estimate of drug-likeness (QED) is 0.395. The van der Waals surface area contributed by atoms with Crippen molar-refractivity contribution in [1.82, 2.24) is 0 Å². The van der Waals surface area contributed by atoms with E-state index in [2.05, 4.69) is 12.2 Å². The van der Waals surface area contributed by atoms with Crippen molar-refractivity contribution < 1.29 is 19.2 Å². The smallest absolute Gasteiger partial charge is 0.271 e. The van der Waals surface area contributed by atoms with Gasteiger partial charge in [0.25, 0.3) is 11.6 Å². The van der Waals surface area contributed by atoms with Crippen molar-refractivity contribution in [3.8, 4) is 11.5 Å². The van der Waals surface area contributed by atoms with Crippen LogP contribution in [0.15, 0.2) is 42.5 Å². The Kier molecular flexibility index (Phi) is 7.23. The Balaban J connectivity index is 1.92. The maximum absolute atomic E-state index is 12.0. The highest BCUT2D eigenvalue weighted by Crippen LogP contribution is 2.26. The highest BCUT2D eigenvalue weighted by Gasteiger charge is 2.12. The number of amides is 1. The van der Waals surface area contributed by atoms with E-state index in [1.807, 2.05) is 6.07 Å². The Morgan fingerprint density at radius 3 is 2.62 bits per heavy atom. The van der Waals surface area contributed by atoms with Crippen LogP contribution >= 0.6 is 11.6 Å². The Hall–Kier alpha value is -2.80. The van der Waals surface area contributed by atoms with Crippen LogP contribution in [0, 0.1) is 10.1 Å². The maximum Gasteiger partial charge on any atom is 0.271 e. The number of rotatable bonds is 9. The molecule has 0 unspecified atom stereocenters. The van der Waals surface area contributed by atoms with E-state index in [1.54, 1.807) is 18.2 Å². The Morgan fingerprint density at radius 1 is 1.19 bits per heavy atom. The predicted molar refractivity (Wildman–Crippen MR) is 99.1 cm³/mol. The summed E-state index contributed by atoms with van der Waals surface area (Å²) in [6.45, 7) is 2.43. The fourth-order valence-electron chi connectivity index (χ4n) is 2.05. The van der Waals surface area contributed by atoms with Gasteiger partial charge in [0, 0.05) is 18.2 Å². The Morgan fingerprint density at radius 2 is 1.92 bits per heavy atom. The number of carbonyl (C=O) groups excluding carboxylic acids is 1. The number of nitrogens with zero attached hydrogens (tertiary/aromatic N) is 1. The van der Waals surface area contributed by atoms with Gasteiger partial charge in [-0.2, -0.15) is 0 Å². The lowest BCUT2D eigenvalue weighted by atomic mass is 10.3. The summed E-state index contributed by atoms with van der Waals surface area (Å²) in [4.78, 5) is 22.3. The summed E-state index contributed by atoms with van der Waals surface area (Å²) in [6.07, 6.45) is 1.99. The zero-order chi connectivity index (χ0) is 18.9. The van der Waals surface area contributed by atoms with Crippen LogP contribution in [0.1, 0.15) is 19.8 Å². The van der Waals surface area contributed by atoms with Gasteiger partial charge >= 0.3 is 0 Å². The van der Waals surface area contributed by atoms with Crippen LogP contribution in [0.4, 0.5) is 11.4 Å². The Labute approximate surface area is 156 Å². The van der Waals surface area contributed by atoms with Gasteiger partial charge < -0.3 is 14.8 Å². The minimum absolute atomic E-state index is 0.158. The van der Waals surface area contributed by atoms with E-state index in [1.165, 1.54) is 18.2 Å². The fraction of sp³-hybridized carbons (Fsp3) is 0.278. The molecule has 26 heavy (non-hydrogen) atoms. The number of halogens is 1. The van der Waals surface area contributed by atoms with Crippen molar-refractivity contribution in [1.29, 1.82) is 0 Å². The van der Waals surface area contributed by atoms with Crippen molar-refractivity contribution >= 4 is 28.9 Å². The van der Waals surface area contributed by atoms with E-state index >= 15 is 0 Å². The van der Waals surface area contributed by atoms with E-state index in [0.717, 1.165) is 12.8 Å². The minimum atomic E-state index is -0.563. The van der Waals surface area contributed by atoms with Crippen molar-refractivity contribution in [2.24, 2.45) is 0 Å². The third kappa shape index (κ3) is 5.93. The van der Waals surface area contributed by atoms with Crippen LogP contribution in [-0.2, 0) is 4.79 Å². The summed E-state index contributed by atoms with van der Waals surface area (Å²) in [5.74, 6) is 0.669. The van der Waals surface area contributed by atoms with E-state index in [-0.39, 0.29) is 23.0 Å². The molecule has 0 heterocycles. The van der Waals surface area contributed by atoms with Gasteiger partial charge in [0.2, 0.25) is 0 Å². The molecule has 0 aromatic heterocycles. The molecule has 0 aliphatic heterocycles. The van der Waals surface area contributed by atoms with E-state index in [4.69, 9.17) is 21.1 Å². The second kappa shape index (κ2) is 9.62. The molecular formula is C18H19ClN2O5. The molecule has 0 atom stereocenters. The van der Waals surface area contributed by atoms with Gasteiger partial charge in [-0.05, 0) is 24.6 Å². The van der Waals surface area contributed by atoms with Crippen LogP contribution in [0.3, 0.4) is 0 Å². The summed E-state index contributed by atoms with van der Waals surface area (Å²) < 4.78 is 11.0. The third-order valence-corrected chi connectivity index (χ3v) is 3.71. The normalized spacial score (nSPS) is 10.2. The standard InChI is InChI=1S/C18H19ClN2O5/c1-2-3-9-25-14-5-4-6-15(11-14)26-12-18(22)20-17-10-13(21(23)24)7-8-16(17)19/h4-8,10-11H,2-3,9,12H2,1H3,(H,20,22). The molecule has 0 saturated carbocycles. The molecule has 2 aromatic carbocycles. The summed E-state index contributed by atoms with van der Waals surface area (Å²) in [5.41, 5.74) is -0.00587. The first-order chi connectivity index (χ1) is 12.5. The topological polar surface area (TPSA) is 90.7 Å². The minimum Gasteiger partial charge on any atom is -0.493 e. The van der Waals surface area contributed by atoms with Crippen LogP contribution in [0.2, 0.25) is 5.02 Å². The molecule has 1 N–H and O–H groups in total. The molecule has 1 amide bonds. The summed E-state index contributed by atoms with van der Waals surface area (Å²) in [7, 11) is 0. The molecule has 0 aliphatic carbocycles. The number of nitro benzene ring substituents is 1. The van der Waals surface area contributed by atoms with Crippen molar-refractivity contribution in [2.45, 2.75) is 19.8 Å². The predicted octanol–water partition coefficient (Wildman–Crippen LogP) is 4.44. The number of unbranched alkanes of at least 4 members (excludes halogenated alkanes) is 1. The van der Waals surface area contributed by atoms with Crippen molar-refractivity contribution in [3.63, 3.8) is 0 Å². The molecule has 0 fully saturated rings. The fourth-order valence-corrected chi connectivity index (χ4v) is 2.21. The first kappa shape index (κ1) is 19.5. The van der Waals surface area contributed by atoms with Gasteiger partial charge in [-0.1, -0.05) is 31.0 Å². The van der Waals surface area contributed by atoms with Crippen molar-refractivity contribution in [2.75, 3.05) is 18.5 Å². The number of ether oxygens (including phenoxy) is 2. The van der Waals surface area contributed by atoms with Gasteiger partial charge in [-0.25, -0.2) is 0 Å². The number of benzene rings is 2. The highest BCUT2D eigenvalue weighted by molar-refractivity contribution is 6.33.